The van der Waals surface area contributed by atoms with Gasteiger partial charge in [-0.05, 0) is 25.5 Å². The van der Waals surface area contributed by atoms with E-state index in [0.29, 0.717) is 4.90 Å². The number of hydrogen-bond acceptors (Lipinski definition) is 3. The van der Waals surface area contributed by atoms with E-state index in [4.69, 9.17) is 4.74 Å². The summed E-state index contributed by atoms with van der Waals surface area (Å²) in [6, 6.07) is 6.97. The maximum Gasteiger partial charge on any atom is 0.207 e. The van der Waals surface area contributed by atoms with Crippen molar-refractivity contribution in [3.8, 4) is 0 Å². The molecule has 0 radical (unpaired) electrons. The van der Waals surface area contributed by atoms with Crippen LogP contribution in [-0.4, -0.2) is 20.0 Å². The van der Waals surface area contributed by atoms with Crippen molar-refractivity contribution in [2.75, 3.05) is 0 Å². The van der Waals surface area contributed by atoms with Gasteiger partial charge in [0, 0.05) is 0 Å². The highest BCUT2D eigenvalue weighted by atomic mass is 32.2. The molecule has 1 heterocycles. The average Bonchev–Trinajstić information content (AvgIpc) is 3.10. The molecular weight excluding hydrogens is 248 g/mol. The van der Waals surface area contributed by atoms with E-state index in [-0.39, 0.29) is 6.10 Å². The van der Waals surface area contributed by atoms with E-state index in [1.165, 1.54) is 0 Å². The topological polar surface area (TPSA) is 46.7 Å². The highest BCUT2D eigenvalue weighted by molar-refractivity contribution is 7.92. The first-order chi connectivity index (χ1) is 8.55. The number of hydrogen-bond donors (Lipinski definition) is 0. The summed E-state index contributed by atoms with van der Waals surface area (Å²) in [5.41, 5.74) is 0.447. The molecule has 0 aromatic heterocycles. The van der Waals surface area contributed by atoms with Crippen LogP contribution in [0.2, 0.25) is 0 Å². The van der Waals surface area contributed by atoms with Gasteiger partial charge in [0.1, 0.15) is 6.10 Å². The van der Waals surface area contributed by atoms with Crippen LogP contribution >= 0.6 is 0 Å². The lowest BCUT2D eigenvalue weighted by Crippen LogP contribution is -2.11. The van der Waals surface area contributed by atoms with Gasteiger partial charge in [0.15, 0.2) is 5.44 Å². The Morgan fingerprint density at radius 3 is 2.44 bits per heavy atom. The van der Waals surface area contributed by atoms with Crippen molar-refractivity contribution >= 4 is 9.84 Å². The van der Waals surface area contributed by atoms with E-state index in [2.05, 4.69) is 6.92 Å². The second kappa shape index (κ2) is 5.41. The molecule has 18 heavy (non-hydrogen) atoms. The highest BCUT2D eigenvalue weighted by Gasteiger charge is 2.49. The summed E-state index contributed by atoms with van der Waals surface area (Å²) in [4.78, 5) is 0.371. The molecular formula is C14H20O3S. The third-order valence-electron chi connectivity index (χ3n) is 3.28. The first-order valence-electron chi connectivity index (χ1n) is 6.51. The predicted molar refractivity (Wildman–Crippen MR) is 71.2 cm³/mol. The van der Waals surface area contributed by atoms with Crippen LogP contribution < -0.4 is 0 Å². The molecule has 0 N–H and O–H groups in total. The molecule has 2 unspecified atom stereocenters. The zero-order valence-electron chi connectivity index (χ0n) is 10.9. The molecule has 0 aliphatic carbocycles. The summed E-state index contributed by atoms with van der Waals surface area (Å²) in [6.07, 6.45) is 4.08. The molecule has 4 heteroatoms. The highest BCUT2D eigenvalue weighted by Crippen LogP contribution is 2.35. The van der Waals surface area contributed by atoms with Crippen molar-refractivity contribution in [1.29, 1.82) is 0 Å². The van der Waals surface area contributed by atoms with E-state index in [1.54, 1.807) is 12.1 Å². The number of ether oxygens (including phenoxy) is 1. The Morgan fingerprint density at radius 2 is 1.83 bits per heavy atom. The van der Waals surface area contributed by atoms with Crippen LogP contribution in [0.4, 0.5) is 0 Å². The van der Waals surface area contributed by atoms with Crippen molar-refractivity contribution in [3.05, 3.63) is 29.8 Å². The molecule has 2 atom stereocenters. The molecule has 1 aromatic rings. The van der Waals surface area contributed by atoms with Crippen LogP contribution in [0.3, 0.4) is 0 Å². The Bertz CT molecular complexity index is 490. The van der Waals surface area contributed by atoms with Gasteiger partial charge >= 0.3 is 0 Å². The van der Waals surface area contributed by atoms with Gasteiger partial charge in [-0.1, -0.05) is 43.9 Å². The molecule has 1 saturated heterocycles. The summed E-state index contributed by atoms with van der Waals surface area (Å²) in [6.45, 7) is 4.08. The molecule has 1 aliphatic heterocycles. The van der Waals surface area contributed by atoms with Crippen molar-refractivity contribution in [1.82, 2.24) is 0 Å². The van der Waals surface area contributed by atoms with Gasteiger partial charge in [-0.2, -0.15) is 0 Å². The number of benzene rings is 1. The van der Waals surface area contributed by atoms with Crippen molar-refractivity contribution < 1.29 is 13.2 Å². The lowest BCUT2D eigenvalue weighted by atomic mass is 10.2. The van der Waals surface area contributed by atoms with Crippen LogP contribution in [0.5, 0.6) is 0 Å². The number of aryl methyl sites for hydroxylation is 1. The fraction of sp³-hybridized carbons (Fsp3) is 0.571. The van der Waals surface area contributed by atoms with Crippen molar-refractivity contribution in [2.24, 2.45) is 0 Å². The van der Waals surface area contributed by atoms with Crippen LogP contribution in [0.25, 0.3) is 0 Å². The lowest BCUT2D eigenvalue weighted by Gasteiger charge is -2.01. The van der Waals surface area contributed by atoms with Gasteiger partial charge in [-0.3, -0.25) is 0 Å². The van der Waals surface area contributed by atoms with Gasteiger partial charge in [0.25, 0.3) is 0 Å². The van der Waals surface area contributed by atoms with Gasteiger partial charge in [-0.25, -0.2) is 8.42 Å². The standard InChI is InChI=1S/C14H20O3S/c1-3-4-5-6-13-14(17-13)18(15,16)12-9-7-11(2)8-10-12/h7-10,13-14H,3-6H2,1-2H3. The van der Waals surface area contributed by atoms with Gasteiger partial charge in [0.2, 0.25) is 9.84 Å². The number of rotatable bonds is 6. The first-order valence-corrected chi connectivity index (χ1v) is 8.06. The molecule has 1 aliphatic rings. The molecule has 0 spiro atoms. The van der Waals surface area contributed by atoms with E-state index in [1.807, 2.05) is 19.1 Å². The second-order valence-corrected chi connectivity index (χ2v) is 6.92. The molecule has 1 aromatic carbocycles. The molecule has 0 amide bonds. The van der Waals surface area contributed by atoms with Gasteiger partial charge in [-0.15, -0.1) is 0 Å². The zero-order valence-corrected chi connectivity index (χ0v) is 11.7. The number of sulfone groups is 1. The smallest absolute Gasteiger partial charge is 0.207 e. The average molecular weight is 268 g/mol. The molecule has 3 nitrogen and oxygen atoms in total. The van der Waals surface area contributed by atoms with Crippen LogP contribution in [0.15, 0.2) is 29.2 Å². The summed E-state index contributed by atoms with van der Waals surface area (Å²) < 4.78 is 29.8. The maximum absolute atomic E-state index is 12.2. The van der Waals surface area contributed by atoms with E-state index >= 15 is 0 Å². The van der Waals surface area contributed by atoms with E-state index in [0.717, 1.165) is 31.2 Å². The minimum absolute atomic E-state index is 0.0946. The Kier molecular flexibility index (Phi) is 4.07. The Balaban J connectivity index is 1.99. The van der Waals surface area contributed by atoms with Gasteiger partial charge < -0.3 is 4.74 Å². The molecule has 0 bridgehead atoms. The number of epoxide rings is 1. The minimum Gasteiger partial charge on any atom is -0.352 e. The van der Waals surface area contributed by atoms with Crippen LogP contribution in [-0.2, 0) is 14.6 Å². The SMILES string of the molecule is CCCCCC1OC1S(=O)(=O)c1ccc(C)cc1. The third kappa shape index (κ3) is 2.93. The van der Waals surface area contributed by atoms with Gasteiger partial charge in [0.05, 0.1) is 4.90 Å². The molecule has 100 valence electrons. The van der Waals surface area contributed by atoms with E-state index < -0.39 is 15.3 Å². The summed E-state index contributed by atoms with van der Waals surface area (Å²) in [5, 5.41) is 0. The minimum atomic E-state index is -3.29. The van der Waals surface area contributed by atoms with Crippen LogP contribution in [0.1, 0.15) is 38.2 Å². The normalized spacial score (nSPS) is 23.0. The number of unbranched alkanes of at least 4 members (excludes halogenated alkanes) is 2. The Labute approximate surface area is 109 Å². The predicted octanol–water partition coefficient (Wildman–Crippen LogP) is 3.07. The van der Waals surface area contributed by atoms with E-state index in [9.17, 15) is 8.42 Å². The quantitative estimate of drug-likeness (QED) is 0.588. The Hall–Kier alpha value is -0.870. The van der Waals surface area contributed by atoms with Crippen LogP contribution in [0, 0.1) is 6.92 Å². The fourth-order valence-corrected chi connectivity index (χ4v) is 3.67. The zero-order chi connectivity index (χ0) is 13.2. The molecule has 1 fully saturated rings. The Morgan fingerprint density at radius 1 is 1.17 bits per heavy atom. The molecule has 0 saturated carbocycles. The van der Waals surface area contributed by atoms with Crippen molar-refractivity contribution in [3.63, 3.8) is 0 Å². The largest absolute Gasteiger partial charge is 0.352 e. The third-order valence-corrected chi connectivity index (χ3v) is 5.24. The second-order valence-electron chi connectivity index (χ2n) is 4.90. The summed E-state index contributed by atoms with van der Waals surface area (Å²) in [7, 11) is -3.29. The molecule has 2 rings (SSSR count). The van der Waals surface area contributed by atoms with Crippen molar-refractivity contribution in [2.45, 2.75) is 56.0 Å². The maximum atomic E-state index is 12.2. The fourth-order valence-electron chi connectivity index (χ4n) is 2.06. The first kappa shape index (κ1) is 13.6. The summed E-state index contributed by atoms with van der Waals surface area (Å²) >= 11 is 0. The summed E-state index contributed by atoms with van der Waals surface area (Å²) in [5.74, 6) is 0. The lowest BCUT2D eigenvalue weighted by molar-refractivity contribution is 0.378. The monoisotopic (exact) mass is 268 g/mol.